The number of carboxylic acids is 2. The molecule has 0 aliphatic carbocycles. The highest BCUT2D eigenvalue weighted by molar-refractivity contribution is 6.91. The van der Waals surface area contributed by atoms with E-state index in [2.05, 4.69) is 0 Å². The molecule has 98 valence electrons. The molecule has 18 heavy (non-hydrogen) atoms. The van der Waals surface area contributed by atoms with Crippen molar-refractivity contribution in [3.05, 3.63) is 30.3 Å². The van der Waals surface area contributed by atoms with Crippen LogP contribution in [-0.4, -0.2) is 30.2 Å². The molecule has 1 rings (SSSR count). The molecule has 0 amide bonds. The van der Waals surface area contributed by atoms with Crippen molar-refractivity contribution in [1.29, 1.82) is 0 Å². The largest absolute Gasteiger partial charge is 0.481 e. The summed E-state index contributed by atoms with van der Waals surface area (Å²) in [5.41, 5.74) is -0.296. The molecule has 0 unspecified atom stereocenters. The van der Waals surface area contributed by atoms with E-state index in [-0.39, 0.29) is 18.4 Å². The van der Waals surface area contributed by atoms with E-state index in [9.17, 15) is 9.59 Å². The number of carbonyl (C=O) groups is 2. The summed E-state index contributed by atoms with van der Waals surface area (Å²) in [5, 5.41) is 19.0. The Morgan fingerprint density at radius 3 is 1.89 bits per heavy atom. The minimum atomic E-state index is -2.10. The Balaban J connectivity index is 3.02. The third-order valence-electron chi connectivity index (χ3n) is 3.38. The lowest BCUT2D eigenvalue weighted by Crippen LogP contribution is -2.47. The van der Waals surface area contributed by atoms with Gasteiger partial charge in [0.1, 0.15) is 0 Å². The quantitative estimate of drug-likeness (QED) is 0.771. The fraction of sp³-hybridized carbons (Fsp3) is 0.385. The van der Waals surface area contributed by atoms with Gasteiger partial charge in [0, 0.05) is 12.8 Å². The molecular weight excluding hydrogens is 248 g/mol. The van der Waals surface area contributed by atoms with Gasteiger partial charge in [0.25, 0.3) is 0 Å². The molecule has 0 heterocycles. The second-order valence-electron chi connectivity index (χ2n) is 4.98. The van der Waals surface area contributed by atoms with Crippen LogP contribution in [0.1, 0.15) is 12.8 Å². The van der Waals surface area contributed by atoms with Gasteiger partial charge in [-0.3, -0.25) is 9.59 Å². The van der Waals surface area contributed by atoms with Crippen molar-refractivity contribution in [2.45, 2.75) is 31.5 Å². The standard InChI is InChI=1S/C13H18O4Si/c1-18(2,10-6-4-3-5-7-10)11(8-12(14)15)9-13(16)17/h3-7,11H,8-9H2,1-2H3,(H,14,15)(H,16,17). The van der Waals surface area contributed by atoms with E-state index in [1.54, 1.807) is 0 Å². The number of benzene rings is 1. The maximum absolute atomic E-state index is 10.9. The first kappa shape index (κ1) is 14.4. The van der Waals surface area contributed by atoms with Crippen LogP contribution in [-0.2, 0) is 9.59 Å². The fourth-order valence-electron chi connectivity index (χ4n) is 2.11. The van der Waals surface area contributed by atoms with E-state index >= 15 is 0 Å². The molecule has 0 aromatic heterocycles. The van der Waals surface area contributed by atoms with E-state index in [4.69, 9.17) is 10.2 Å². The summed E-state index contributed by atoms with van der Waals surface area (Å²) in [6, 6.07) is 9.63. The van der Waals surface area contributed by atoms with Crippen molar-refractivity contribution in [2.24, 2.45) is 0 Å². The molecule has 2 N–H and O–H groups in total. The molecule has 1 aromatic carbocycles. The first-order valence-electron chi connectivity index (χ1n) is 5.83. The first-order valence-corrected chi connectivity index (χ1v) is 8.91. The Bertz CT molecular complexity index is 412. The second kappa shape index (κ2) is 5.82. The van der Waals surface area contributed by atoms with Gasteiger partial charge in [0.15, 0.2) is 0 Å². The fourth-order valence-corrected chi connectivity index (χ4v) is 5.00. The molecule has 0 fully saturated rings. The van der Waals surface area contributed by atoms with Crippen LogP contribution in [0.2, 0.25) is 18.6 Å². The van der Waals surface area contributed by atoms with Gasteiger partial charge in [-0.2, -0.15) is 0 Å². The third kappa shape index (κ3) is 3.70. The molecule has 5 heteroatoms. The van der Waals surface area contributed by atoms with Gasteiger partial charge >= 0.3 is 11.9 Å². The monoisotopic (exact) mass is 266 g/mol. The van der Waals surface area contributed by atoms with E-state index in [1.807, 2.05) is 43.4 Å². The van der Waals surface area contributed by atoms with Crippen LogP contribution in [0, 0.1) is 0 Å². The van der Waals surface area contributed by atoms with Gasteiger partial charge in [0.05, 0.1) is 8.07 Å². The van der Waals surface area contributed by atoms with Crippen LogP contribution in [0.5, 0.6) is 0 Å². The molecule has 0 radical (unpaired) electrons. The highest BCUT2D eigenvalue weighted by Crippen LogP contribution is 2.29. The van der Waals surface area contributed by atoms with Gasteiger partial charge in [-0.05, 0) is 5.54 Å². The van der Waals surface area contributed by atoms with Crippen molar-refractivity contribution in [2.75, 3.05) is 0 Å². The summed E-state index contributed by atoms with van der Waals surface area (Å²) < 4.78 is 0. The zero-order valence-electron chi connectivity index (χ0n) is 10.6. The lowest BCUT2D eigenvalue weighted by molar-refractivity contribution is -0.138. The zero-order chi connectivity index (χ0) is 13.8. The summed E-state index contributed by atoms with van der Waals surface area (Å²) >= 11 is 0. The molecule has 1 aromatic rings. The molecule has 4 nitrogen and oxygen atoms in total. The lowest BCUT2D eigenvalue weighted by Gasteiger charge is -2.31. The van der Waals surface area contributed by atoms with Crippen molar-refractivity contribution >= 4 is 25.2 Å². The Morgan fingerprint density at radius 1 is 1.06 bits per heavy atom. The van der Waals surface area contributed by atoms with Crippen molar-refractivity contribution < 1.29 is 19.8 Å². The van der Waals surface area contributed by atoms with Crippen LogP contribution in [0.15, 0.2) is 30.3 Å². The molecule has 0 spiro atoms. The Morgan fingerprint density at radius 2 is 1.50 bits per heavy atom. The zero-order valence-corrected chi connectivity index (χ0v) is 11.6. The topological polar surface area (TPSA) is 74.6 Å². The van der Waals surface area contributed by atoms with E-state index in [1.165, 1.54) is 0 Å². The van der Waals surface area contributed by atoms with Gasteiger partial charge in [-0.1, -0.05) is 48.6 Å². The number of rotatable bonds is 6. The van der Waals surface area contributed by atoms with E-state index in [0.29, 0.717) is 0 Å². The van der Waals surface area contributed by atoms with Gasteiger partial charge < -0.3 is 10.2 Å². The Hall–Kier alpha value is -1.62. The predicted molar refractivity (Wildman–Crippen MR) is 71.8 cm³/mol. The average Bonchev–Trinajstić information content (AvgIpc) is 2.28. The minimum Gasteiger partial charge on any atom is -0.481 e. The molecule has 0 bridgehead atoms. The SMILES string of the molecule is C[Si](C)(c1ccccc1)C(CC(=O)O)CC(=O)O. The highest BCUT2D eigenvalue weighted by atomic mass is 28.3. The van der Waals surface area contributed by atoms with E-state index in [0.717, 1.165) is 5.19 Å². The smallest absolute Gasteiger partial charge is 0.303 e. The summed E-state index contributed by atoms with van der Waals surface area (Å²) in [5.74, 6) is -1.87. The summed E-state index contributed by atoms with van der Waals surface area (Å²) in [4.78, 5) is 21.8. The lowest BCUT2D eigenvalue weighted by atomic mass is 10.2. The van der Waals surface area contributed by atoms with Crippen LogP contribution < -0.4 is 5.19 Å². The summed E-state index contributed by atoms with van der Waals surface area (Å²) in [6.07, 6.45) is -0.166. The molecule has 0 saturated carbocycles. The molecule has 0 aliphatic rings. The Labute approximate surface area is 107 Å². The van der Waals surface area contributed by atoms with E-state index < -0.39 is 20.0 Å². The highest BCUT2D eigenvalue weighted by Gasteiger charge is 2.36. The number of hydrogen-bond donors (Lipinski definition) is 2. The second-order valence-corrected chi connectivity index (χ2v) is 9.82. The normalized spacial score (nSPS) is 11.5. The molecule has 0 aliphatic heterocycles. The van der Waals surface area contributed by atoms with Gasteiger partial charge in [0.2, 0.25) is 0 Å². The molecule has 0 saturated heterocycles. The van der Waals surface area contributed by atoms with Gasteiger partial charge in [-0.25, -0.2) is 0 Å². The number of carboxylic acid groups (broad SMARTS) is 2. The maximum Gasteiger partial charge on any atom is 0.303 e. The summed E-state index contributed by atoms with van der Waals surface area (Å²) in [7, 11) is -2.10. The first-order chi connectivity index (χ1) is 8.34. The number of aliphatic carboxylic acids is 2. The molecule has 0 atom stereocenters. The summed E-state index contributed by atoms with van der Waals surface area (Å²) in [6.45, 7) is 4.05. The molecular formula is C13H18O4Si. The van der Waals surface area contributed by atoms with Crippen LogP contribution in [0.4, 0.5) is 0 Å². The third-order valence-corrected chi connectivity index (χ3v) is 7.65. The van der Waals surface area contributed by atoms with Crippen molar-refractivity contribution in [1.82, 2.24) is 0 Å². The van der Waals surface area contributed by atoms with Crippen molar-refractivity contribution in [3.8, 4) is 0 Å². The number of hydrogen-bond acceptors (Lipinski definition) is 2. The van der Waals surface area contributed by atoms with Crippen molar-refractivity contribution in [3.63, 3.8) is 0 Å². The predicted octanol–water partition coefficient (Wildman–Crippen LogP) is 1.92. The van der Waals surface area contributed by atoms with Crippen LogP contribution >= 0.6 is 0 Å². The minimum absolute atomic E-state index is 0.0829. The maximum atomic E-state index is 10.9. The van der Waals surface area contributed by atoms with Crippen LogP contribution in [0.3, 0.4) is 0 Å². The van der Waals surface area contributed by atoms with Gasteiger partial charge in [-0.15, -0.1) is 0 Å². The Kier molecular flexibility index (Phi) is 4.67. The van der Waals surface area contributed by atoms with Crippen LogP contribution in [0.25, 0.3) is 0 Å². The average molecular weight is 266 g/mol.